The molecule has 0 radical (unpaired) electrons. The van der Waals surface area contributed by atoms with Gasteiger partial charge in [-0.1, -0.05) is 0 Å². The molecular weight excluding hydrogens is 266 g/mol. The number of hydrogen-bond donors (Lipinski definition) is 2. The zero-order chi connectivity index (χ0) is 14.7. The van der Waals surface area contributed by atoms with Crippen molar-refractivity contribution in [2.24, 2.45) is 5.92 Å². The van der Waals surface area contributed by atoms with E-state index in [1.807, 2.05) is 24.4 Å². The molecule has 1 amide bonds. The van der Waals surface area contributed by atoms with Gasteiger partial charge >= 0.3 is 0 Å². The summed E-state index contributed by atoms with van der Waals surface area (Å²) in [5, 5.41) is 10.4. The van der Waals surface area contributed by atoms with Crippen molar-refractivity contribution in [1.82, 2.24) is 20.1 Å². The maximum atomic E-state index is 12.2. The summed E-state index contributed by atoms with van der Waals surface area (Å²) in [4.78, 5) is 16.6. The van der Waals surface area contributed by atoms with Crippen molar-refractivity contribution in [3.63, 3.8) is 0 Å². The van der Waals surface area contributed by atoms with Crippen molar-refractivity contribution in [2.45, 2.75) is 25.8 Å². The number of amides is 1. The van der Waals surface area contributed by atoms with Gasteiger partial charge in [0.1, 0.15) is 0 Å². The van der Waals surface area contributed by atoms with Gasteiger partial charge < -0.3 is 10.6 Å². The standard InChI is InChI=1S/C15H19N5O/c1-11-9-12(5-7-16-11)15(21)19-13-3-4-14(17-10-13)20-8-2-6-18-20/h2-4,6,8,10-12,16H,5,7,9H2,1H3,(H,19,21). The van der Waals surface area contributed by atoms with Gasteiger partial charge in [-0.2, -0.15) is 5.10 Å². The molecule has 2 N–H and O–H groups in total. The van der Waals surface area contributed by atoms with Gasteiger partial charge in [0.15, 0.2) is 5.82 Å². The predicted octanol–water partition coefficient (Wildman–Crippen LogP) is 1.59. The maximum absolute atomic E-state index is 12.2. The van der Waals surface area contributed by atoms with Crippen LogP contribution in [0.3, 0.4) is 0 Å². The topological polar surface area (TPSA) is 71.8 Å². The molecule has 0 bridgehead atoms. The Balaban J connectivity index is 1.63. The molecule has 3 rings (SSSR count). The first-order chi connectivity index (χ1) is 10.2. The molecular formula is C15H19N5O. The van der Waals surface area contributed by atoms with Crippen molar-refractivity contribution in [3.05, 3.63) is 36.8 Å². The summed E-state index contributed by atoms with van der Waals surface area (Å²) in [6.07, 6.45) is 6.96. The summed E-state index contributed by atoms with van der Waals surface area (Å²) in [7, 11) is 0. The van der Waals surface area contributed by atoms with E-state index in [1.165, 1.54) is 0 Å². The molecule has 6 nitrogen and oxygen atoms in total. The van der Waals surface area contributed by atoms with Crippen molar-refractivity contribution >= 4 is 11.6 Å². The highest BCUT2D eigenvalue weighted by atomic mass is 16.1. The van der Waals surface area contributed by atoms with E-state index >= 15 is 0 Å². The predicted molar refractivity (Wildman–Crippen MR) is 80.2 cm³/mol. The van der Waals surface area contributed by atoms with E-state index in [0.717, 1.165) is 30.9 Å². The third kappa shape index (κ3) is 3.28. The van der Waals surface area contributed by atoms with Crippen LogP contribution in [0, 0.1) is 5.92 Å². The van der Waals surface area contributed by atoms with Gasteiger partial charge in [0.2, 0.25) is 5.91 Å². The number of carbonyl (C=O) groups is 1. The molecule has 110 valence electrons. The SMILES string of the molecule is CC1CC(C(=O)Nc2ccc(-n3cccn3)nc2)CCN1. The lowest BCUT2D eigenvalue weighted by molar-refractivity contribution is -0.120. The first-order valence-corrected chi connectivity index (χ1v) is 7.22. The molecule has 3 heterocycles. The molecule has 0 aromatic carbocycles. The highest BCUT2D eigenvalue weighted by Gasteiger charge is 2.24. The molecule has 2 aromatic heterocycles. The van der Waals surface area contributed by atoms with Crippen LogP contribution >= 0.6 is 0 Å². The number of nitrogens with one attached hydrogen (secondary N) is 2. The lowest BCUT2D eigenvalue weighted by Crippen LogP contribution is -2.40. The monoisotopic (exact) mass is 285 g/mol. The van der Waals surface area contributed by atoms with Crippen LogP contribution in [0.15, 0.2) is 36.8 Å². The fourth-order valence-corrected chi connectivity index (χ4v) is 2.61. The second-order valence-electron chi connectivity index (χ2n) is 5.42. The van der Waals surface area contributed by atoms with Crippen LogP contribution in [0.4, 0.5) is 5.69 Å². The van der Waals surface area contributed by atoms with Crippen molar-refractivity contribution in [1.29, 1.82) is 0 Å². The van der Waals surface area contributed by atoms with Gasteiger partial charge in [-0.15, -0.1) is 0 Å². The summed E-state index contributed by atoms with van der Waals surface area (Å²) < 4.78 is 1.68. The highest BCUT2D eigenvalue weighted by molar-refractivity contribution is 5.92. The Morgan fingerprint density at radius 3 is 3.05 bits per heavy atom. The molecule has 1 fully saturated rings. The molecule has 21 heavy (non-hydrogen) atoms. The highest BCUT2D eigenvalue weighted by Crippen LogP contribution is 2.18. The van der Waals surface area contributed by atoms with E-state index < -0.39 is 0 Å². The Hall–Kier alpha value is -2.21. The van der Waals surface area contributed by atoms with Gasteiger partial charge in [-0.3, -0.25) is 4.79 Å². The lowest BCUT2D eigenvalue weighted by atomic mass is 9.92. The van der Waals surface area contributed by atoms with E-state index in [1.54, 1.807) is 17.1 Å². The van der Waals surface area contributed by atoms with E-state index in [9.17, 15) is 4.79 Å². The molecule has 1 aliphatic rings. The van der Waals surface area contributed by atoms with E-state index in [2.05, 4.69) is 27.6 Å². The average molecular weight is 285 g/mol. The second kappa shape index (κ2) is 6.05. The smallest absolute Gasteiger partial charge is 0.227 e. The molecule has 1 aliphatic heterocycles. The van der Waals surface area contributed by atoms with E-state index in [-0.39, 0.29) is 11.8 Å². The molecule has 2 atom stereocenters. The number of anilines is 1. The first-order valence-electron chi connectivity index (χ1n) is 7.22. The van der Waals surface area contributed by atoms with Gasteiger partial charge in [0.25, 0.3) is 0 Å². The summed E-state index contributed by atoms with van der Waals surface area (Å²) in [5.74, 6) is 0.887. The normalized spacial score (nSPS) is 22.0. The van der Waals surface area contributed by atoms with Crippen molar-refractivity contribution < 1.29 is 4.79 Å². The Kier molecular flexibility index (Phi) is 3.96. The van der Waals surface area contributed by atoms with Crippen LogP contribution in [0.2, 0.25) is 0 Å². The van der Waals surface area contributed by atoms with Crippen molar-refractivity contribution in [2.75, 3.05) is 11.9 Å². The Labute approximate surface area is 123 Å². The number of pyridine rings is 1. The third-order valence-corrected chi connectivity index (χ3v) is 3.75. The van der Waals surface area contributed by atoms with Gasteiger partial charge in [-0.25, -0.2) is 9.67 Å². The number of piperidine rings is 1. The van der Waals surface area contributed by atoms with Gasteiger partial charge in [0, 0.05) is 24.4 Å². The first kappa shape index (κ1) is 13.8. The zero-order valence-electron chi connectivity index (χ0n) is 12.0. The maximum Gasteiger partial charge on any atom is 0.227 e. The van der Waals surface area contributed by atoms with Gasteiger partial charge in [-0.05, 0) is 44.5 Å². The summed E-state index contributed by atoms with van der Waals surface area (Å²) in [5.41, 5.74) is 0.724. The number of nitrogens with zero attached hydrogens (tertiary/aromatic N) is 3. The summed E-state index contributed by atoms with van der Waals surface area (Å²) in [6.45, 7) is 3.01. The fraction of sp³-hybridized carbons (Fsp3) is 0.400. The molecule has 0 aliphatic carbocycles. The number of aromatic nitrogens is 3. The third-order valence-electron chi connectivity index (χ3n) is 3.75. The van der Waals surface area contributed by atoms with Crippen LogP contribution in [0.25, 0.3) is 5.82 Å². The number of hydrogen-bond acceptors (Lipinski definition) is 4. The van der Waals surface area contributed by atoms with Crippen LogP contribution in [-0.4, -0.2) is 33.3 Å². The van der Waals surface area contributed by atoms with Crippen LogP contribution < -0.4 is 10.6 Å². The van der Waals surface area contributed by atoms with Crippen LogP contribution in [0.1, 0.15) is 19.8 Å². The Morgan fingerprint density at radius 1 is 1.48 bits per heavy atom. The minimum absolute atomic E-state index is 0.0760. The van der Waals surface area contributed by atoms with Crippen LogP contribution in [-0.2, 0) is 4.79 Å². The largest absolute Gasteiger partial charge is 0.324 e. The Bertz CT molecular complexity index is 593. The number of rotatable bonds is 3. The van der Waals surface area contributed by atoms with E-state index in [4.69, 9.17) is 0 Å². The van der Waals surface area contributed by atoms with E-state index in [0.29, 0.717) is 6.04 Å². The minimum Gasteiger partial charge on any atom is -0.324 e. The lowest BCUT2D eigenvalue weighted by Gasteiger charge is -2.27. The Morgan fingerprint density at radius 2 is 2.38 bits per heavy atom. The quantitative estimate of drug-likeness (QED) is 0.898. The van der Waals surface area contributed by atoms with Gasteiger partial charge in [0.05, 0.1) is 11.9 Å². The number of carbonyl (C=O) groups excluding carboxylic acids is 1. The molecule has 2 unspecified atom stereocenters. The summed E-state index contributed by atoms with van der Waals surface area (Å²) in [6, 6.07) is 5.94. The second-order valence-corrected chi connectivity index (χ2v) is 5.42. The fourth-order valence-electron chi connectivity index (χ4n) is 2.61. The minimum atomic E-state index is 0.0760. The molecule has 0 saturated carbocycles. The molecule has 2 aromatic rings. The summed E-state index contributed by atoms with van der Waals surface area (Å²) >= 11 is 0. The average Bonchev–Trinajstić information content (AvgIpc) is 3.02. The van der Waals surface area contributed by atoms with Crippen molar-refractivity contribution in [3.8, 4) is 5.82 Å². The van der Waals surface area contributed by atoms with Crippen LogP contribution in [0.5, 0.6) is 0 Å². The molecule has 0 spiro atoms. The zero-order valence-corrected chi connectivity index (χ0v) is 12.0. The molecule has 6 heteroatoms. The molecule has 1 saturated heterocycles.